The van der Waals surface area contributed by atoms with Crippen molar-refractivity contribution in [1.29, 1.82) is 0 Å². The second-order valence-electron chi connectivity index (χ2n) is 15.4. The van der Waals surface area contributed by atoms with E-state index in [0.717, 1.165) is 44.9 Å². The van der Waals surface area contributed by atoms with Gasteiger partial charge in [-0.1, -0.05) is 0 Å². The second kappa shape index (κ2) is 15.6. The van der Waals surface area contributed by atoms with E-state index in [1.807, 2.05) is 0 Å². The van der Waals surface area contributed by atoms with Crippen LogP contribution in [0.3, 0.4) is 0 Å². The Balaban J connectivity index is 0.982. The molecule has 2 saturated heterocycles. The van der Waals surface area contributed by atoms with Crippen molar-refractivity contribution in [2.45, 2.75) is 95.6 Å². The van der Waals surface area contributed by atoms with Gasteiger partial charge in [-0.3, -0.25) is 19.2 Å². The van der Waals surface area contributed by atoms with Gasteiger partial charge < -0.3 is 50.4 Å². The highest BCUT2D eigenvalue weighted by Crippen LogP contribution is 2.57. The van der Waals surface area contributed by atoms with E-state index in [4.69, 9.17) is 30.4 Å². The van der Waals surface area contributed by atoms with Gasteiger partial charge >= 0.3 is 11.9 Å². The Morgan fingerprint density at radius 2 is 1.06 bits per heavy atom. The fourth-order valence-electron chi connectivity index (χ4n) is 8.10. The molecule has 6 rings (SSSR count). The Morgan fingerprint density at radius 3 is 1.40 bits per heavy atom. The number of nitrogen functional groups attached to an aromatic ring is 2. The number of likely N-dealkylation sites (tertiary alicyclic amines) is 2. The van der Waals surface area contributed by atoms with Crippen molar-refractivity contribution in [2.75, 3.05) is 52.0 Å². The van der Waals surface area contributed by atoms with Gasteiger partial charge in [0.15, 0.2) is 23.0 Å². The van der Waals surface area contributed by atoms with Crippen LogP contribution in [0.5, 0.6) is 23.0 Å². The lowest BCUT2D eigenvalue weighted by Gasteiger charge is -2.25. The van der Waals surface area contributed by atoms with Gasteiger partial charge in [0.05, 0.1) is 38.6 Å². The van der Waals surface area contributed by atoms with Gasteiger partial charge in [-0.05, 0) is 93.6 Å². The fourth-order valence-corrected chi connectivity index (χ4v) is 8.10. The van der Waals surface area contributed by atoms with Crippen molar-refractivity contribution < 1.29 is 48.3 Å². The lowest BCUT2D eigenvalue weighted by molar-refractivity contribution is -0.138. The quantitative estimate of drug-likeness (QED) is 0.115. The van der Waals surface area contributed by atoms with Crippen LogP contribution in [-0.2, 0) is 9.59 Å². The summed E-state index contributed by atoms with van der Waals surface area (Å²) in [5.41, 5.74) is 14.2. The highest BCUT2D eigenvalue weighted by Gasteiger charge is 2.54. The number of anilines is 2. The summed E-state index contributed by atoms with van der Waals surface area (Å²) in [6.45, 7) is 1.99. The molecule has 2 saturated carbocycles. The summed E-state index contributed by atoms with van der Waals surface area (Å²) in [7, 11) is 3.01. The molecule has 288 valence electrons. The van der Waals surface area contributed by atoms with E-state index in [1.54, 1.807) is 34.1 Å². The molecule has 14 nitrogen and oxygen atoms in total. The van der Waals surface area contributed by atoms with Gasteiger partial charge in [0, 0.05) is 61.5 Å². The van der Waals surface area contributed by atoms with Crippen LogP contribution in [0.15, 0.2) is 24.3 Å². The smallest absolute Gasteiger partial charge is 0.303 e. The van der Waals surface area contributed by atoms with Crippen LogP contribution in [0.25, 0.3) is 0 Å². The van der Waals surface area contributed by atoms with E-state index in [1.165, 1.54) is 14.2 Å². The zero-order valence-electron chi connectivity index (χ0n) is 30.7. The third kappa shape index (κ3) is 8.68. The first-order valence-corrected chi connectivity index (χ1v) is 18.6. The molecule has 2 aliphatic heterocycles. The first kappa shape index (κ1) is 37.9. The number of aliphatic carboxylic acids is 2. The number of nitrogens with zero attached hydrogens (tertiary/aromatic N) is 2. The number of carbonyl (C=O) groups excluding carboxylic acids is 2. The number of unbranched alkanes of at least 4 members (excludes halogenated alkanes) is 2. The first-order valence-electron chi connectivity index (χ1n) is 18.6. The average Bonchev–Trinajstić information content (AvgIpc) is 3.99. The Morgan fingerprint density at radius 1 is 0.660 bits per heavy atom. The number of carboxylic acid groups (broad SMARTS) is 2. The van der Waals surface area contributed by atoms with Crippen molar-refractivity contribution in [3.05, 3.63) is 35.4 Å². The van der Waals surface area contributed by atoms with Gasteiger partial charge in [-0.15, -0.1) is 0 Å². The van der Waals surface area contributed by atoms with Crippen molar-refractivity contribution in [2.24, 2.45) is 10.8 Å². The maximum absolute atomic E-state index is 13.7. The zero-order chi connectivity index (χ0) is 37.9. The summed E-state index contributed by atoms with van der Waals surface area (Å²) >= 11 is 0. The normalized spacial score (nSPS) is 20.4. The summed E-state index contributed by atoms with van der Waals surface area (Å²) in [5.74, 6) is -0.513. The number of nitrogens with two attached hydrogens (primary N) is 2. The predicted octanol–water partition coefficient (Wildman–Crippen LogP) is 5.22. The molecule has 2 aromatic rings. The van der Waals surface area contributed by atoms with Crippen LogP contribution < -0.4 is 30.4 Å². The molecule has 4 fully saturated rings. The molecule has 2 aliphatic carbocycles. The SMILES string of the molecule is COc1cc(C(=O)N2CC3(CC3)C[C@@H]2CCC(=O)O)c(N)cc1OCCCCCOc1cc(N)c(C(=O)N2CC3(CC3)C[C@@H]2CCC(=O)O)cc1OC. The second-order valence-corrected chi connectivity index (χ2v) is 15.4. The van der Waals surface area contributed by atoms with Crippen LogP contribution in [-0.4, -0.2) is 96.4 Å². The third-order valence-electron chi connectivity index (χ3n) is 11.5. The van der Waals surface area contributed by atoms with E-state index in [9.17, 15) is 29.4 Å². The van der Waals surface area contributed by atoms with Crippen LogP contribution in [0.4, 0.5) is 11.4 Å². The Kier molecular flexibility index (Phi) is 11.2. The molecule has 2 aromatic carbocycles. The zero-order valence-corrected chi connectivity index (χ0v) is 30.7. The molecule has 0 radical (unpaired) electrons. The number of hydrogen-bond acceptors (Lipinski definition) is 10. The summed E-state index contributed by atoms with van der Waals surface area (Å²) in [5, 5.41) is 18.4. The average molecular weight is 737 g/mol. The molecule has 53 heavy (non-hydrogen) atoms. The van der Waals surface area contributed by atoms with Crippen molar-refractivity contribution in [3.63, 3.8) is 0 Å². The molecule has 2 heterocycles. The predicted molar refractivity (Wildman–Crippen MR) is 196 cm³/mol. The van der Waals surface area contributed by atoms with E-state index >= 15 is 0 Å². The molecule has 6 N–H and O–H groups in total. The lowest BCUT2D eigenvalue weighted by atomic mass is 10.0. The number of methoxy groups -OCH3 is 2. The number of benzene rings is 2. The van der Waals surface area contributed by atoms with E-state index in [0.29, 0.717) is 86.1 Å². The summed E-state index contributed by atoms with van der Waals surface area (Å²) in [6, 6.07) is 6.18. The van der Waals surface area contributed by atoms with Crippen molar-refractivity contribution in [3.8, 4) is 23.0 Å². The van der Waals surface area contributed by atoms with E-state index in [-0.39, 0.29) is 58.9 Å². The van der Waals surface area contributed by atoms with E-state index in [2.05, 4.69) is 0 Å². The highest BCUT2D eigenvalue weighted by molar-refractivity contribution is 6.01. The lowest BCUT2D eigenvalue weighted by Crippen LogP contribution is -2.36. The number of amides is 2. The molecule has 14 heteroatoms. The summed E-state index contributed by atoms with van der Waals surface area (Å²) in [4.78, 5) is 53.4. The van der Waals surface area contributed by atoms with Gasteiger partial charge in [0.2, 0.25) is 0 Å². The Bertz CT molecular complexity index is 1600. The maximum atomic E-state index is 13.7. The largest absolute Gasteiger partial charge is 0.493 e. The van der Waals surface area contributed by atoms with Crippen LogP contribution in [0, 0.1) is 10.8 Å². The molecule has 2 amide bonds. The summed E-state index contributed by atoms with van der Waals surface area (Å²) < 4.78 is 23.1. The Hall–Kier alpha value is -4.88. The number of carbonyl (C=O) groups is 4. The van der Waals surface area contributed by atoms with Gasteiger partial charge in [0.25, 0.3) is 11.8 Å². The minimum absolute atomic E-state index is 0.0138. The van der Waals surface area contributed by atoms with Crippen molar-refractivity contribution in [1.82, 2.24) is 9.80 Å². The molecule has 0 bridgehead atoms. The molecule has 0 aromatic heterocycles. The van der Waals surface area contributed by atoms with Crippen LogP contribution in [0.1, 0.15) is 104 Å². The summed E-state index contributed by atoms with van der Waals surface area (Å²) in [6.07, 6.45) is 8.91. The molecule has 0 unspecified atom stereocenters. The minimum atomic E-state index is -0.870. The first-order chi connectivity index (χ1) is 25.4. The number of carboxylic acids is 2. The maximum Gasteiger partial charge on any atom is 0.303 e. The number of hydrogen-bond donors (Lipinski definition) is 4. The fraction of sp³-hybridized carbons (Fsp3) is 0.590. The standard InChI is InChI=1S/C39H52N4O10/c1-50-30-16-26(36(48)42-22-38(10-11-38)20-24(42)6-8-34(44)45)28(40)18-32(30)52-14-4-3-5-15-53-33-19-29(41)27(17-31(33)51-2)37(49)43-23-39(12-13-39)21-25(43)7-9-35(46)47/h16-19,24-25H,3-15,20-23,40-41H2,1-2H3,(H,44,45)(H,46,47)/t24-,25-/m0/s1. The third-order valence-corrected chi connectivity index (χ3v) is 11.5. The van der Waals surface area contributed by atoms with Gasteiger partial charge in [0.1, 0.15) is 0 Å². The molecular formula is C39H52N4O10. The van der Waals surface area contributed by atoms with Crippen LogP contribution >= 0.6 is 0 Å². The minimum Gasteiger partial charge on any atom is -0.493 e. The number of ether oxygens (including phenoxy) is 4. The Labute approximate surface area is 309 Å². The number of rotatable bonds is 18. The molecule has 2 atom stereocenters. The van der Waals surface area contributed by atoms with E-state index < -0.39 is 11.9 Å². The van der Waals surface area contributed by atoms with Gasteiger partial charge in [-0.25, -0.2) is 0 Å². The molecule has 2 spiro atoms. The monoisotopic (exact) mass is 736 g/mol. The van der Waals surface area contributed by atoms with Crippen LogP contribution in [0.2, 0.25) is 0 Å². The van der Waals surface area contributed by atoms with Gasteiger partial charge in [-0.2, -0.15) is 0 Å². The topological polar surface area (TPSA) is 204 Å². The molecule has 4 aliphatic rings. The van der Waals surface area contributed by atoms with Crippen molar-refractivity contribution >= 4 is 35.1 Å². The highest BCUT2D eigenvalue weighted by atomic mass is 16.5. The molecular weight excluding hydrogens is 684 g/mol.